The molecular weight excluding hydrogens is 214 g/mol. The molecule has 4 nitrogen and oxygen atoms in total. The highest BCUT2D eigenvalue weighted by Gasteiger charge is 2.26. The van der Waals surface area contributed by atoms with E-state index in [4.69, 9.17) is 5.11 Å². The third kappa shape index (κ3) is 6.38. The number of carboxylic acid groups (broad SMARTS) is 1. The Balaban J connectivity index is 3.70. The van der Waals surface area contributed by atoms with Crippen LogP contribution in [0.4, 0.5) is 0 Å². The highest BCUT2D eigenvalue weighted by atomic mass is 32.2. The molecule has 0 aromatic heterocycles. The van der Waals surface area contributed by atoms with Gasteiger partial charge in [-0.3, -0.25) is 9.59 Å². The standard InChI is InChI=1S/C10H19NO3S/c1-10(2,9(13)14)5-6-11-8(12)4-7-15-3/h4-7H2,1-3H3,(H,11,12)(H,13,14). The van der Waals surface area contributed by atoms with E-state index in [1.807, 2.05) is 6.26 Å². The molecule has 0 heterocycles. The minimum Gasteiger partial charge on any atom is -0.481 e. The van der Waals surface area contributed by atoms with Crippen LogP contribution in [0.15, 0.2) is 0 Å². The fourth-order valence-electron chi connectivity index (χ4n) is 0.905. The van der Waals surface area contributed by atoms with Crippen molar-refractivity contribution in [2.75, 3.05) is 18.6 Å². The number of aliphatic carboxylic acids is 1. The molecule has 0 aliphatic rings. The molecule has 5 heteroatoms. The van der Waals surface area contributed by atoms with Crippen molar-refractivity contribution in [2.24, 2.45) is 5.41 Å². The first-order valence-corrected chi connectivity index (χ1v) is 6.28. The van der Waals surface area contributed by atoms with E-state index in [1.165, 1.54) is 0 Å². The average molecular weight is 233 g/mol. The molecule has 0 unspecified atom stereocenters. The van der Waals surface area contributed by atoms with Gasteiger partial charge in [-0.15, -0.1) is 0 Å². The molecule has 2 N–H and O–H groups in total. The number of rotatable bonds is 7. The molecule has 1 amide bonds. The van der Waals surface area contributed by atoms with E-state index in [0.717, 1.165) is 5.75 Å². The molecule has 0 rings (SSSR count). The maximum atomic E-state index is 11.2. The molecule has 0 aromatic carbocycles. The summed E-state index contributed by atoms with van der Waals surface area (Å²) in [5, 5.41) is 11.5. The van der Waals surface area contributed by atoms with Crippen molar-refractivity contribution >= 4 is 23.6 Å². The largest absolute Gasteiger partial charge is 0.481 e. The van der Waals surface area contributed by atoms with E-state index in [2.05, 4.69) is 5.32 Å². The maximum Gasteiger partial charge on any atom is 0.309 e. The van der Waals surface area contributed by atoms with Crippen LogP contribution in [0.25, 0.3) is 0 Å². The van der Waals surface area contributed by atoms with Crippen LogP contribution < -0.4 is 5.32 Å². The van der Waals surface area contributed by atoms with Gasteiger partial charge in [-0.1, -0.05) is 0 Å². The summed E-state index contributed by atoms with van der Waals surface area (Å²) >= 11 is 1.62. The zero-order chi connectivity index (χ0) is 11.9. The van der Waals surface area contributed by atoms with Crippen molar-refractivity contribution in [1.29, 1.82) is 0 Å². The van der Waals surface area contributed by atoms with E-state index >= 15 is 0 Å². The molecule has 0 aliphatic carbocycles. The summed E-state index contributed by atoms with van der Waals surface area (Å²) in [6, 6.07) is 0. The zero-order valence-electron chi connectivity index (χ0n) is 9.50. The van der Waals surface area contributed by atoms with Gasteiger partial charge in [-0.25, -0.2) is 0 Å². The fourth-order valence-corrected chi connectivity index (χ4v) is 1.29. The highest BCUT2D eigenvalue weighted by Crippen LogP contribution is 2.19. The van der Waals surface area contributed by atoms with Gasteiger partial charge in [-0.05, 0) is 26.5 Å². The molecule has 0 aromatic rings. The van der Waals surface area contributed by atoms with Crippen molar-refractivity contribution < 1.29 is 14.7 Å². The maximum absolute atomic E-state index is 11.2. The monoisotopic (exact) mass is 233 g/mol. The number of amides is 1. The number of carbonyl (C=O) groups excluding carboxylic acids is 1. The van der Waals surface area contributed by atoms with Gasteiger partial charge in [0.15, 0.2) is 0 Å². The topological polar surface area (TPSA) is 66.4 Å². The quantitative estimate of drug-likeness (QED) is 0.696. The Labute approximate surface area is 94.8 Å². The molecule has 0 spiro atoms. The highest BCUT2D eigenvalue weighted by molar-refractivity contribution is 7.98. The lowest BCUT2D eigenvalue weighted by Crippen LogP contribution is -2.32. The summed E-state index contributed by atoms with van der Waals surface area (Å²) in [7, 11) is 0. The van der Waals surface area contributed by atoms with Crippen LogP contribution in [0.5, 0.6) is 0 Å². The second-order valence-electron chi connectivity index (χ2n) is 4.03. The molecule has 0 saturated carbocycles. The van der Waals surface area contributed by atoms with E-state index in [-0.39, 0.29) is 5.91 Å². The Kier molecular flexibility index (Phi) is 6.40. The summed E-state index contributed by atoms with van der Waals surface area (Å²) in [5.41, 5.74) is -0.771. The molecule has 0 fully saturated rings. The minimum atomic E-state index is -0.833. The van der Waals surface area contributed by atoms with Gasteiger partial charge in [0.25, 0.3) is 0 Å². The molecule has 0 bridgehead atoms. The van der Waals surface area contributed by atoms with E-state index < -0.39 is 11.4 Å². The Bertz CT molecular complexity index is 229. The Morgan fingerprint density at radius 1 is 1.40 bits per heavy atom. The molecule has 0 aliphatic heterocycles. The van der Waals surface area contributed by atoms with Gasteiger partial charge in [0, 0.05) is 18.7 Å². The van der Waals surface area contributed by atoms with E-state index in [9.17, 15) is 9.59 Å². The lowest BCUT2D eigenvalue weighted by molar-refractivity contribution is -0.147. The van der Waals surface area contributed by atoms with E-state index in [0.29, 0.717) is 19.4 Å². The summed E-state index contributed by atoms with van der Waals surface area (Å²) in [6.45, 7) is 3.74. The van der Waals surface area contributed by atoms with Crippen molar-refractivity contribution in [2.45, 2.75) is 26.7 Å². The van der Waals surface area contributed by atoms with Crippen LogP contribution in [-0.4, -0.2) is 35.5 Å². The van der Waals surface area contributed by atoms with Crippen molar-refractivity contribution in [3.8, 4) is 0 Å². The van der Waals surface area contributed by atoms with Crippen LogP contribution >= 0.6 is 11.8 Å². The van der Waals surface area contributed by atoms with Crippen LogP contribution in [0, 0.1) is 5.41 Å². The van der Waals surface area contributed by atoms with Gasteiger partial charge in [0.2, 0.25) is 5.91 Å². The lowest BCUT2D eigenvalue weighted by atomic mass is 9.90. The van der Waals surface area contributed by atoms with Gasteiger partial charge in [0.05, 0.1) is 5.41 Å². The summed E-state index contributed by atoms with van der Waals surface area (Å²) in [5.74, 6) is -0.0415. The number of carbonyl (C=O) groups is 2. The Morgan fingerprint density at radius 2 is 2.00 bits per heavy atom. The van der Waals surface area contributed by atoms with Crippen LogP contribution in [0.2, 0.25) is 0 Å². The molecule has 0 atom stereocenters. The lowest BCUT2D eigenvalue weighted by Gasteiger charge is -2.18. The minimum absolute atomic E-state index is 0.00876. The number of hydrogen-bond acceptors (Lipinski definition) is 3. The molecule has 0 radical (unpaired) electrons. The average Bonchev–Trinajstić information content (AvgIpc) is 2.14. The fraction of sp³-hybridized carbons (Fsp3) is 0.800. The summed E-state index contributed by atoms with van der Waals surface area (Å²) in [6.07, 6.45) is 2.89. The first kappa shape index (κ1) is 14.3. The summed E-state index contributed by atoms with van der Waals surface area (Å²) in [4.78, 5) is 21.9. The van der Waals surface area contributed by atoms with Gasteiger partial charge in [0.1, 0.15) is 0 Å². The third-order valence-corrected chi connectivity index (χ3v) is 2.80. The first-order chi connectivity index (χ1) is 6.90. The second kappa shape index (κ2) is 6.71. The Hall–Kier alpha value is -0.710. The van der Waals surface area contributed by atoms with Gasteiger partial charge >= 0.3 is 5.97 Å². The third-order valence-electron chi connectivity index (χ3n) is 2.18. The van der Waals surface area contributed by atoms with E-state index in [1.54, 1.807) is 25.6 Å². The van der Waals surface area contributed by atoms with Crippen LogP contribution in [-0.2, 0) is 9.59 Å². The second-order valence-corrected chi connectivity index (χ2v) is 5.02. The number of thioether (sulfide) groups is 1. The van der Waals surface area contributed by atoms with Crippen molar-refractivity contribution in [1.82, 2.24) is 5.32 Å². The van der Waals surface area contributed by atoms with Crippen LogP contribution in [0.1, 0.15) is 26.7 Å². The Morgan fingerprint density at radius 3 is 2.47 bits per heavy atom. The molecule has 88 valence electrons. The number of nitrogens with one attached hydrogen (secondary N) is 1. The SMILES string of the molecule is CSCCC(=O)NCCC(C)(C)C(=O)O. The molecule has 15 heavy (non-hydrogen) atoms. The van der Waals surface area contributed by atoms with Crippen LogP contribution in [0.3, 0.4) is 0 Å². The van der Waals surface area contributed by atoms with Gasteiger partial charge < -0.3 is 10.4 Å². The zero-order valence-corrected chi connectivity index (χ0v) is 10.3. The normalized spacial score (nSPS) is 11.1. The molecule has 0 saturated heterocycles. The predicted octanol–water partition coefficient (Wildman–Crippen LogP) is 1.36. The smallest absolute Gasteiger partial charge is 0.309 e. The van der Waals surface area contributed by atoms with Crippen molar-refractivity contribution in [3.05, 3.63) is 0 Å². The number of carboxylic acids is 1. The number of hydrogen-bond donors (Lipinski definition) is 2. The summed E-state index contributed by atoms with van der Waals surface area (Å²) < 4.78 is 0. The predicted molar refractivity (Wildman–Crippen MR) is 62.0 cm³/mol. The molecular formula is C10H19NO3S. The van der Waals surface area contributed by atoms with Crippen molar-refractivity contribution in [3.63, 3.8) is 0 Å². The van der Waals surface area contributed by atoms with Gasteiger partial charge in [-0.2, -0.15) is 11.8 Å². The first-order valence-electron chi connectivity index (χ1n) is 4.89.